The van der Waals surface area contributed by atoms with Crippen LogP contribution in [0.1, 0.15) is 13.8 Å². The molecule has 1 rings (SSSR count). The van der Waals surface area contributed by atoms with Gasteiger partial charge >= 0.3 is 11.8 Å². The fourth-order valence-corrected chi connectivity index (χ4v) is 1.45. The van der Waals surface area contributed by atoms with Gasteiger partial charge in [-0.15, -0.1) is 0 Å². The first kappa shape index (κ1) is 13.8. The Morgan fingerprint density at radius 2 is 1.82 bits per heavy atom. The number of carbonyl (C=O) groups is 2. The van der Waals surface area contributed by atoms with Crippen LogP contribution in [-0.2, 0) is 9.59 Å². The van der Waals surface area contributed by atoms with E-state index in [4.69, 9.17) is 23.2 Å². The van der Waals surface area contributed by atoms with Crippen LogP contribution in [0, 0.1) is 0 Å². The van der Waals surface area contributed by atoms with Crippen molar-refractivity contribution in [1.82, 2.24) is 5.32 Å². The van der Waals surface area contributed by atoms with Crippen molar-refractivity contribution < 1.29 is 9.59 Å². The van der Waals surface area contributed by atoms with E-state index in [2.05, 4.69) is 10.6 Å². The van der Waals surface area contributed by atoms with Gasteiger partial charge in [-0.05, 0) is 26.0 Å². The second kappa shape index (κ2) is 5.89. The SMILES string of the molecule is CC(C)NC(=O)C(=O)Nc1cccc(Cl)c1Cl. The number of carbonyl (C=O) groups excluding carboxylic acids is 2. The Morgan fingerprint density at radius 3 is 2.41 bits per heavy atom. The standard InChI is InChI=1S/C11H12Cl2N2O2/c1-6(2)14-10(16)11(17)15-8-5-3-4-7(12)9(8)13/h3-6H,1-2H3,(H,14,16)(H,15,17). The lowest BCUT2D eigenvalue weighted by atomic mass is 10.3. The smallest absolute Gasteiger partial charge is 0.313 e. The number of benzene rings is 1. The van der Waals surface area contributed by atoms with Crippen LogP contribution in [0.15, 0.2) is 18.2 Å². The first-order valence-electron chi connectivity index (χ1n) is 4.97. The predicted molar refractivity (Wildman–Crippen MR) is 68.4 cm³/mol. The van der Waals surface area contributed by atoms with Gasteiger partial charge in [0.25, 0.3) is 0 Å². The zero-order chi connectivity index (χ0) is 13.0. The zero-order valence-corrected chi connectivity index (χ0v) is 10.9. The molecule has 2 amide bonds. The second-order valence-corrected chi connectivity index (χ2v) is 4.47. The normalized spacial score (nSPS) is 10.2. The van der Waals surface area contributed by atoms with E-state index in [9.17, 15) is 9.59 Å². The maximum atomic E-state index is 11.5. The van der Waals surface area contributed by atoms with E-state index in [-0.39, 0.29) is 11.1 Å². The van der Waals surface area contributed by atoms with E-state index in [1.54, 1.807) is 32.0 Å². The third-order valence-corrected chi connectivity index (χ3v) is 2.64. The molecule has 0 atom stereocenters. The number of rotatable bonds is 2. The minimum Gasteiger partial charge on any atom is -0.346 e. The first-order chi connectivity index (χ1) is 7.91. The van der Waals surface area contributed by atoms with Crippen molar-refractivity contribution in [3.05, 3.63) is 28.2 Å². The fourth-order valence-electron chi connectivity index (χ4n) is 1.11. The summed E-state index contributed by atoms with van der Waals surface area (Å²) in [6.07, 6.45) is 0. The van der Waals surface area contributed by atoms with Gasteiger partial charge in [-0.3, -0.25) is 9.59 Å². The van der Waals surface area contributed by atoms with Gasteiger partial charge in [0.05, 0.1) is 15.7 Å². The van der Waals surface area contributed by atoms with Gasteiger partial charge in [-0.25, -0.2) is 0 Å². The average Bonchev–Trinajstić information content (AvgIpc) is 2.23. The molecular formula is C11H12Cl2N2O2. The summed E-state index contributed by atoms with van der Waals surface area (Å²) in [5.41, 5.74) is 0.308. The number of hydrogen-bond acceptors (Lipinski definition) is 2. The van der Waals surface area contributed by atoms with Crippen molar-refractivity contribution in [2.24, 2.45) is 0 Å². The lowest BCUT2D eigenvalue weighted by molar-refractivity contribution is -0.136. The highest BCUT2D eigenvalue weighted by atomic mass is 35.5. The van der Waals surface area contributed by atoms with Crippen LogP contribution >= 0.6 is 23.2 Å². The molecule has 92 valence electrons. The van der Waals surface area contributed by atoms with E-state index < -0.39 is 11.8 Å². The van der Waals surface area contributed by atoms with Crippen LogP contribution in [0.5, 0.6) is 0 Å². The van der Waals surface area contributed by atoms with Crippen molar-refractivity contribution in [2.45, 2.75) is 19.9 Å². The molecule has 1 aromatic rings. The van der Waals surface area contributed by atoms with E-state index in [1.807, 2.05) is 0 Å². The number of hydrogen-bond donors (Lipinski definition) is 2. The number of halogens is 2. The quantitative estimate of drug-likeness (QED) is 0.814. The van der Waals surface area contributed by atoms with Gasteiger partial charge in [0.15, 0.2) is 0 Å². The Balaban J connectivity index is 2.75. The maximum absolute atomic E-state index is 11.5. The van der Waals surface area contributed by atoms with Gasteiger partial charge in [-0.1, -0.05) is 29.3 Å². The highest BCUT2D eigenvalue weighted by Crippen LogP contribution is 2.29. The molecule has 4 nitrogen and oxygen atoms in total. The van der Waals surface area contributed by atoms with Gasteiger partial charge in [0, 0.05) is 6.04 Å². The van der Waals surface area contributed by atoms with E-state index in [1.165, 1.54) is 0 Å². The minimum atomic E-state index is -0.775. The van der Waals surface area contributed by atoms with Crippen LogP contribution in [-0.4, -0.2) is 17.9 Å². The van der Waals surface area contributed by atoms with Crippen LogP contribution < -0.4 is 10.6 Å². The van der Waals surface area contributed by atoms with Crippen molar-refractivity contribution in [1.29, 1.82) is 0 Å². The number of anilines is 1. The van der Waals surface area contributed by atoms with Crippen LogP contribution in [0.4, 0.5) is 5.69 Å². The molecule has 0 saturated heterocycles. The summed E-state index contributed by atoms with van der Waals surface area (Å²) < 4.78 is 0. The molecule has 0 unspecified atom stereocenters. The van der Waals surface area contributed by atoms with Crippen molar-refractivity contribution in [3.63, 3.8) is 0 Å². The van der Waals surface area contributed by atoms with Gasteiger partial charge in [-0.2, -0.15) is 0 Å². The average molecular weight is 275 g/mol. The predicted octanol–water partition coefficient (Wildman–Crippen LogP) is 2.46. The van der Waals surface area contributed by atoms with Crippen molar-refractivity contribution in [2.75, 3.05) is 5.32 Å². The van der Waals surface area contributed by atoms with Crippen LogP contribution in [0.3, 0.4) is 0 Å². The minimum absolute atomic E-state index is 0.108. The molecule has 0 aliphatic carbocycles. The molecule has 17 heavy (non-hydrogen) atoms. The molecule has 0 saturated carbocycles. The monoisotopic (exact) mass is 274 g/mol. The Kier molecular flexibility index (Phi) is 4.78. The maximum Gasteiger partial charge on any atom is 0.313 e. The highest BCUT2D eigenvalue weighted by Gasteiger charge is 2.16. The molecule has 0 heterocycles. The molecule has 0 radical (unpaired) electrons. The summed E-state index contributed by atoms with van der Waals surface area (Å²) in [7, 11) is 0. The Morgan fingerprint density at radius 1 is 1.18 bits per heavy atom. The first-order valence-corrected chi connectivity index (χ1v) is 5.73. The highest BCUT2D eigenvalue weighted by molar-refractivity contribution is 6.45. The van der Waals surface area contributed by atoms with E-state index in [0.29, 0.717) is 10.7 Å². The molecule has 0 aliphatic rings. The second-order valence-electron chi connectivity index (χ2n) is 3.68. The molecular weight excluding hydrogens is 263 g/mol. The molecule has 0 spiro atoms. The Bertz CT molecular complexity index is 447. The largest absolute Gasteiger partial charge is 0.346 e. The summed E-state index contributed by atoms with van der Waals surface area (Å²) in [5, 5.41) is 5.38. The topological polar surface area (TPSA) is 58.2 Å². The molecule has 0 fully saturated rings. The summed E-state index contributed by atoms with van der Waals surface area (Å²) in [6.45, 7) is 3.52. The molecule has 1 aromatic carbocycles. The lowest BCUT2D eigenvalue weighted by Gasteiger charge is -2.10. The lowest BCUT2D eigenvalue weighted by Crippen LogP contribution is -2.39. The van der Waals surface area contributed by atoms with Gasteiger partial charge < -0.3 is 10.6 Å². The van der Waals surface area contributed by atoms with Gasteiger partial charge in [0.1, 0.15) is 0 Å². The van der Waals surface area contributed by atoms with Crippen LogP contribution in [0.2, 0.25) is 10.0 Å². The fraction of sp³-hybridized carbons (Fsp3) is 0.273. The Labute approximate surface area is 109 Å². The summed E-state index contributed by atoms with van der Waals surface area (Å²) in [4.78, 5) is 22.8. The summed E-state index contributed by atoms with van der Waals surface area (Å²) in [5.74, 6) is -1.49. The van der Waals surface area contributed by atoms with Crippen molar-refractivity contribution >= 4 is 40.7 Å². The molecule has 2 N–H and O–H groups in total. The molecule has 0 bridgehead atoms. The van der Waals surface area contributed by atoms with Gasteiger partial charge in [0.2, 0.25) is 0 Å². The van der Waals surface area contributed by atoms with Crippen molar-refractivity contribution in [3.8, 4) is 0 Å². The summed E-state index contributed by atoms with van der Waals surface area (Å²) >= 11 is 11.6. The molecule has 0 aliphatic heterocycles. The Hall–Kier alpha value is -1.26. The number of amides is 2. The molecule has 6 heteroatoms. The van der Waals surface area contributed by atoms with Crippen LogP contribution in [0.25, 0.3) is 0 Å². The zero-order valence-electron chi connectivity index (χ0n) is 9.38. The number of nitrogens with one attached hydrogen (secondary N) is 2. The third kappa shape index (κ3) is 3.91. The van der Waals surface area contributed by atoms with E-state index in [0.717, 1.165) is 0 Å². The van der Waals surface area contributed by atoms with E-state index >= 15 is 0 Å². The summed E-state index contributed by atoms with van der Waals surface area (Å²) in [6, 6.07) is 4.68. The third-order valence-electron chi connectivity index (χ3n) is 1.83. The molecule has 0 aromatic heterocycles.